The highest BCUT2D eigenvalue weighted by atomic mass is 16.5. The van der Waals surface area contributed by atoms with Crippen molar-refractivity contribution in [3.05, 3.63) is 28.8 Å². The highest BCUT2D eigenvalue weighted by molar-refractivity contribution is 5.86. The van der Waals surface area contributed by atoms with Crippen molar-refractivity contribution in [3.8, 4) is 5.75 Å². The van der Waals surface area contributed by atoms with Crippen LogP contribution in [0.3, 0.4) is 0 Å². The number of ketones is 1. The number of Topliss-reactive ketones (excluding diaryl/α,β-unsaturated/α-hetero) is 1. The molecule has 1 fully saturated rings. The summed E-state index contributed by atoms with van der Waals surface area (Å²) in [5, 5.41) is 0. The van der Waals surface area contributed by atoms with Gasteiger partial charge < -0.3 is 4.74 Å². The molecule has 0 saturated heterocycles. The van der Waals surface area contributed by atoms with E-state index in [0.717, 1.165) is 25.0 Å². The molecule has 0 N–H and O–H groups in total. The number of fused-ring (bicyclic) bond motifs is 3. The average Bonchev–Trinajstić information content (AvgIpc) is 2.50. The number of ether oxygens (including phenoxy) is 1. The van der Waals surface area contributed by atoms with Crippen molar-refractivity contribution in [3.63, 3.8) is 0 Å². The Balaban J connectivity index is 2.15. The van der Waals surface area contributed by atoms with E-state index in [-0.39, 0.29) is 10.8 Å². The van der Waals surface area contributed by atoms with Gasteiger partial charge in [0.2, 0.25) is 0 Å². The summed E-state index contributed by atoms with van der Waals surface area (Å²) < 4.78 is 5.70. The van der Waals surface area contributed by atoms with Crippen LogP contribution in [-0.4, -0.2) is 12.9 Å². The number of hydrogen-bond donors (Lipinski definition) is 0. The number of aryl methyl sites for hydroxylation is 1. The molecule has 2 aliphatic carbocycles. The van der Waals surface area contributed by atoms with E-state index >= 15 is 0 Å². The fraction of sp³-hybridized carbons (Fsp3) is 0.667. The molecule has 1 aromatic rings. The predicted octanol–water partition coefficient (Wildman–Crippen LogP) is 5.03. The van der Waals surface area contributed by atoms with E-state index in [4.69, 9.17) is 4.74 Å². The standard InChI is InChI=1S/C21H30O2/c1-13(2)15-11-14-7-8-18-20(3,4)19(22)9-10-21(18,5)16(14)12-17(15)23-6/h11-13,18H,7-10H2,1-6H3. The van der Waals surface area contributed by atoms with Gasteiger partial charge in [-0.3, -0.25) is 4.79 Å². The van der Waals surface area contributed by atoms with Crippen LogP contribution in [0.2, 0.25) is 0 Å². The highest BCUT2D eigenvalue weighted by Crippen LogP contribution is 2.56. The summed E-state index contributed by atoms with van der Waals surface area (Å²) in [7, 11) is 1.77. The fourth-order valence-electron chi connectivity index (χ4n) is 5.17. The first kappa shape index (κ1) is 16.5. The average molecular weight is 314 g/mol. The lowest BCUT2D eigenvalue weighted by atomic mass is 9.50. The molecule has 23 heavy (non-hydrogen) atoms. The second kappa shape index (κ2) is 5.36. The molecule has 2 nitrogen and oxygen atoms in total. The quantitative estimate of drug-likeness (QED) is 0.765. The molecule has 0 heterocycles. The van der Waals surface area contributed by atoms with Gasteiger partial charge in [-0.25, -0.2) is 0 Å². The molecular weight excluding hydrogens is 284 g/mol. The van der Waals surface area contributed by atoms with Crippen LogP contribution in [-0.2, 0) is 16.6 Å². The van der Waals surface area contributed by atoms with Crippen LogP contribution in [0.25, 0.3) is 0 Å². The lowest BCUT2D eigenvalue weighted by Crippen LogP contribution is -2.52. The molecule has 0 aliphatic heterocycles. The van der Waals surface area contributed by atoms with Crippen molar-refractivity contribution >= 4 is 5.78 Å². The normalized spacial score (nSPS) is 29.2. The summed E-state index contributed by atoms with van der Waals surface area (Å²) in [4.78, 5) is 12.5. The largest absolute Gasteiger partial charge is 0.496 e. The van der Waals surface area contributed by atoms with E-state index in [9.17, 15) is 4.79 Å². The van der Waals surface area contributed by atoms with Gasteiger partial charge in [-0.2, -0.15) is 0 Å². The third-order valence-electron chi connectivity index (χ3n) is 6.63. The van der Waals surface area contributed by atoms with Gasteiger partial charge in [-0.15, -0.1) is 0 Å². The molecule has 2 atom stereocenters. The second-order valence-electron chi connectivity index (χ2n) is 8.56. The number of carbonyl (C=O) groups is 1. The Morgan fingerprint density at radius 2 is 1.87 bits per heavy atom. The molecule has 0 radical (unpaired) electrons. The van der Waals surface area contributed by atoms with Gasteiger partial charge in [0, 0.05) is 11.8 Å². The van der Waals surface area contributed by atoms with Gasteiger partial charge in [0.1, 0.15) is 11.5 Å². The summed E-state index contributed by atoms with van der Waals surface area (Å²) in [5.74, 6) is 2.34. The van der Waals surface area contributed by atoms with Crippen LogP contribution >= 0.6 is 0 Å². The summed E-state index contributed by atoms with van der Waals surface area (Å²) in [5.41, 5.74) is 4.08. The molecule has 0 aromatic heterocycles. The van der Waals surface area contributed by atoms with E-state index in [1.807, 2.05) is 0 Å². The van der Waals surface area contributed by atoms with Crippen molar-refractivity contribution in [2.75, 3.05) is 7.11 Å². The zero-order valence-corrected chi connectivity index (χ0v) is 15.5. The van der Waals surface area contributed by atoms with Gasteiger partial charge in [0.15, 0.2) is 0 Å². The minimum atomic E-state index is -0.214. The van der Waals surface area contributed by atoms with Crippen LogP contribution < -0.4 is 4.74 Å². The molecule has 1 saturated carbocycles. The van der Waals surface area contributed by atoms with E-state index in [2.05, 4.69) is 46.8 Å². The van der Waals surface area contributed by atoms with Gasteiger partial charge in [0.25, 0.3) is 0 Å². The predicted molar refractivity (Wildman–Crippen MR) is 94.3 cm³/mol. The SMILES string of the molecule is COc1cc2c(cc1C(C)C)CCC1C(C)(C)C(=O)CCC21C. The molecule has 126 valence electrons. The number of benzene rings is 1. The van der Waals surface area contributed by atoms with Crippen molar-refractivity contribution in [2.24, 2.45) is 11.3 Å². The maximum Gasteiger partial charge on any atom is 0.138 e. The Labute approximate surface area is 140 Å². The molecule has 2 unspecified atom stereocenters. The van der Waals surface area contributed by atoms with Gasteiger partial charge in [0.05, 0.1) is 7.11 Å². The van der Waals surface area contributed by atoms with Crippen molar-refractivity contribution in [1.82, 2.24) is 0 Å². The first-order valence-electron chi connectivity index (χ1n) is 8.96. The maximum atomic E-state index is 12.5. The smallest absolute Gasteiger partial charge is 0.138 e. The number of carbonyl (C=O) groups excluding carboxylic acids is 1. The lowest BCUT2D eigenvalue weighted by Gasteiger charge is -2.53. The Morgan fingerprint density at radius 1 is 1.17 bits per heavy atom. The number of methoxy groups -OCH3 is 1. The minimum Gasteiger partial charge on any atom is -0.496 e. The third-order valence-corrected chi connectivity index (χ3v) is 6.63. The summed E-state index contributed by atoms with van der Waals surface area (Å²) in [6.45, 7) is 11.1. The van der Waals surface area contributed by atoms with Crippen LogP contribution in [0.1, 0.15) is 76.5 Å². The minimum absolute atomic E-state index is 0.0911. The van der Waals surface area contributed by atoms with Crippen molar-refractivity contribution in [2.45, 2.75) is 71.6 Å². The highest BCUT2D eigenvalue weighted by Gasteiger charge is 2.53. The van der Waals surface area contributed by atoms with Gasteiger partial charge in [-0.1, -0.05) is 40.7 Å². The van der Waals surface area contributed by atoms with Crippen molar-refractivity contribution < 1.29 is 9.53 Å². The molecule has 3 rings (SSSR count). The summed E-state index contributed by atoms with van der Waals surface area (Å²) in [6, 6.07) is 4.65. The second-order valence-corrected chi connectivity index (χ2v) is 8.56. The summed E-state index contributed by atoms with van der Waals surface area (Å²) in [6.07, 6.45) is 3.87. The topological polar surface area (TPSA) is 26.3 Å². The lowest BCUT2D eigenvalue weighted by molar-refractivity contribution is -0.137. The third kappa shape index (κ3) is 2.33. The maximum absolute atomic E-state index is 12.5. The van der Waals surface area contributed by atoms with Crippen LogP contribution in [0, 0.1) is 11.3 Å². The molecule has 2 aliphatic rings. The molecule has 0 bridgehead atoms. The Morgan fingerprint density at radius 3 is 2.48 bits per heavy atom. The zero-order valence-electron chi connectivity index (χ0n) is 15.5. The zero-order chi connectivity index (χ0) is 17.0. The Hall–Kier alpha value is -1.31. The van der Waals surface area contributed by atoms with Gasteiger partial charge >= 0.3 is 0 Å². The molecule has 0 spiro atoms. The monoisotopic (exact) mass is 314 g/mol. The van der Waals surface area contributed by atoms with Crippen LogP contribution in [0.4, 0.5) is 0 Å². The van der Waals surface area contributed by atoms with E-state index in [1.165, 1.54) is 16.7 Å². The first-order chi connectivity index (χ1) is 10.7. The Kier molecular flexibility index (Phi) is 3.85. The van der Waals surface area contributed by atoms with E-state index < -0.39 is 0 Å². The number of hydrogen-bond acceptors (Lipinski definition) is 2. The summed E-state index contributed by atoms with van der Waals surface area (Å²) >= 11 is 0. The molecule has 2 heteroatoms. The molecule has 0 amide bonds. The molecular formula is C21H30O2. The van der Waals surface area contributed by atoms with Crippen molar-refractivity contribution in [1.29, 1.82) is 0 Å². The fourth-order valence-corrected chi connectivity index (χ4v) is 5.17. The Bertz CT molecular complexity index is 641. The van der Waals surface area contributed by atoms with E-state index in [0.29, 0.717) is 24.0 Å². The van der Waals surface area contributed by atoms with Gasteiger partial charge in [-0.05, 0) is 59.3 Å². The first-order valence-corrected chi connectivity index (χ1v) is 8.96. The van der Waals surface area contributed by atoms with Crippen LogP contribution in [0.5, 0.6) is 5.75 Å². The number of rotatable bonds is 2. The molecule has 1 aromatic carbocycles. The van der Waals surface area contributed by atoms with Crippen LogP contribution in [0.15, 0.2) is 12.1 Å². The van der Waals surface area contributed by atoms with E-state index in [1.54, 1.807) is 7.11 Å².